The summed E-state index contributed by atoms with van der Waals surface area (Å²) >= 11 is 5.60. The highest BCUT2D eigenvalue weighted by Gasteiger charge is 2.12. The molecule has 0 saturated heterocycles. The number of hydrogen-bond donors (Lipinski definition) is 2. The lowest BCUT2D eigenvalue weighted by Crippen LogP contribution is -2.35. The van der Waals surface area contributed by atoms with E-state index in [0.717, 1.165) is 17.0 Å². The number of nitrogens with one attached hydrogen (secondary N) is 1. The number of likely N-dealkylation sites (N-methyl/N-ethyl adjacent to an activating group) is 1. The van der Waals surface area contributed by atoms with E-state index in [0.29, 0.717) is 0 Å². The van der Waals surface area contributed by atoms with Gasteiger partial charge in [-0.15, -0.1) is 0 Å². The second-order valence-electron chi connectivity index (χ2n) is 3.34. The third-order valence-electron chi connectivity index (χ3n) is 1.83. The number of rotatable bonds is 3. The van der Waals surface area contributed by atoms with Crippen molar-refractivity contribution in [3.05, 3.63) is 29.0 Å². The third kappa shape index (κ3) is 4.28. The highest BCUT2D eigenvalue weighted by atomic mass is 35.5. The van der Waals surface area contributed by atoms with Gasteiger partial charge in [0.25, 0.3) is 0 Å². The van der Waals surface area contributed by atoms with E-state index in [1.165, 1.54) is 13.1 Å². The Morgan fingerprint density at radius 3 is 2.65 bits per heavy atom. The molecule has 0 aliphatic heterocycles. The summed E-state index contributed by atoms with van der Waals surface area (Å²) in [6.45, 7) is -0.450. The van der Waals surface area contributed by atoms with Gasteiger partial charge in [-0.2, -0.15) is 0 Å². The molecule has 0 fully saturated rings. The van der Waals surface area contributed by atoms with Crippen LogP contribution in [0.3, 0.4) is 0 Å². The molecular weight excluding hydrogens is 251 g/mol. The molecule has 0 atom stereocenters. The lowest BCUT2D eigenvalue weighted by molar-refractivity contribution is -0.137. The number of amides is 2. The molecule has 1 aromatic rings. The molecule has 17 heavy (non-hydrogen) atoms. The van der Waals surface area contributed by atoms with Gasteiger partial charge in [0.05, 0.1) is 0 Å². The van der Waals surface area contributed by atoms with Crippen molar-refractivity contribution in [2.75, 3.05) is 18.9 Å². The van der Waals surface area contributed by atoms with Crippen LogP contribution in [-0.2, 0) is 4.79 Å². The Bertz CT molecular complexity index is 433. The summed E-state index contributed by atoms with van der Waals surface area (Å²) in [5.41, 5.74) is 0.164. The van der Waals surface area contributed by atoms with Crippen LogP contribution >= 0.6 is 11.6 Å². The minimum absolute atomic E-state index is 0.140. The largest absolute Gasteiger partial charge is 0.480 e. The van der Waals surface area contributed by atoms with Crippen LogP contribution in [0.1, 0.15) is 0 Å². The Balaban J connectivity index is 2.70. The van der Waals surface area contributed by atoms with Crippen LogP contribution in [0.4, 0.5) is 14.9 Å². The highest BCUT2D eigenvalue weighted by Crippen LogP contribution is 2.18. The Morgan fingerprint density at radius 2 is 2.12 bits per heavy atom. The van der Waals surface area contributed by atoms with Gasteiger partial charge in [-0.3, -0.25) is 4.79 Å². The van der Waals surface area contributed by atoms with Crippen molar-refractivity contribution >= 4 is 29.3 Å². The van der Waals surface area contributed by atoms with Gasteiger partial charge in [0.1, 0.15) is 12.4 Å². The molecule has 0 heterocycles. The number of carboxylic acids is 1. The molecule has 1 rings (SSSR count). The minimum atomic E-state index is -1.14. The summed E-state index contributed by atoms with van der Waals surface area (Å²) in [6, 6.07) is 2.88. The van der Waals surface area contributed by atoms with Crippen LogP contribution in [0.2, 0.25) is 5.02 Å². The summed E-state index contributed by atoms with van der Waals surface area (Å²) in [7, 11) is 1.31. The van der Waals surface area contributed by atoms with Crippen molar-refractivity contribution in [3.63, 3.8) is 0 Å². The van der Waals surface area contributed by atoms with Gasteiger partial charge >= 0.3 is 12.0 Å². The Morgan fingerprint density at radius 1 is 1.47 bits per heavy atom. The first-order chi connectivity index (χ1) is 7.88. The number of carbonyl (C=O) groups is 2. The number of anilines is 1. The van der Waals surface area contributed by atoms with Crippen molar-refractivity contribution in [1.29, 1.82) is 0 Å². The van der Waals surface area contributed by atoms with Crippen LogP contribution in [0.5, 0.6) is 0 Å². The number of carbonyl (C=O) groups excluding carboxylic acids is 1. The first-order valence-corrected chi connectivity index (χ1v) is 4.96. The normalized spacial score (nSPS) is 9.82. The number of halogens is 2. The summed E-state index contributed by atoms with van der Waals surface area (Å²) in [5.74, 6) is -1.73. The number of carboxylic acid groups (broad SMARTS) is 1. The van der Waals surface area contributed by atoms with E-state index in [4.69, 9.17) is 16.7 Å². The topological polar surface area (TPSA) is 69.6 Å². The number of aliphatic carboxylic acids is 1. The second kappa shape index (κ2) is 5.49. The van der Waals surface area contributed by atoms with Gasteiger partial charge in [0, 0.05) is 17.8 Å². The molecule has 0 aromatic heterocycles. The first kappa shape index (κ1) is 13.2. The summed E-state index contributed by atoms with van der Waals surface area (Å²) in [4.78, 5) is 22.8. The Kier molecular flexibility index (Phi) is 4.28. The smallest absolute Gasteiger partial charge is 0.323 e. The van der Waals surface area contributed by atoms with Crippen LogP contribution in [-0.4, -0.2) is 35.6 Å². The SMILES string of the molecule is CN(CC(=O)O)C(=O)Nc1cc(F)cc(Cl)c1. The summed E-state index contributed by atoms with van der Waals surface area (Å²) in [5, 5.41) is 11.0. The molecule has 0 saturated carbocycles. The molecule has 0 aliphatic carbocycles. The van der Waals surface area contributed by atoms with Crippen LogP contribution in [0.15, 0.2) is 18.2 Å². The highest BCUT2D eigenvalue weighted by molar-refractivity contribution is 6.30. The monoisotopic (exact) mass is 260 g/mol. The maximum absolute atomic E-state index is 12.9. The molecule has 1 aromatic carbocycles. The zero-order valence-corrected chi connectivity index (χ0v) is 9.66. The average molecular weight is 261 g/mol. The lowest BCUT2D eigenvalue weighted by atomic mass is 10.3. The predicted molar refractivity (Wildman–Crippen MR) is 60.7 cm³/mol. The molecule has 2 amide bonds. The molecule has 0 unspecified atom stereocenters. The fourth-order valence-corrected chi connectivity index (χ4v) is 1.34. The van der Waals surface area contributed by atoms with E-state index >= 15 is 0 Å². The standard InChI is InChI=1S/C10H10ClFN2O3/c1-14(5-9(15)16)10(17)13-8-3-6(11)2-7(12)4-8/h2-4H,5H2,1H3,(H,13,17)(H,15,16). The summed E-state index contributed by atoms with van der Waals surface area (Å²) < 4.78 is 12.9. The molecule has 92 valence electrons. The third-order valence-corrected chi connectivity index (χ3v) is 2.05. The Hall–Kier alpha value is -1.82. The van der Waals surface area contributed by atoms with Gasteiger partial charge in [0.15, 0.2) is 0 Å². The zero-order chi connectivity index (χ0) is 13.0. The Labute approximate surface area is 102 Å². The fraction of sp³-hybridized carbons (Fsp3) is 0.200. The van der Waals surface area contributed by atoms with E-state index in [9.17, 15) is 14.0 Å². The van der Waals surface area contributed by atoms with Crippen LogP contribution in [0, 0.1) is 5.82 Å². The van der Waals surface area contributed by atoms with E-state index in [2.05, 4.69) is 5.32 Å². The summed E-state index contributed by atoms with van der Waals surface area (Å²) in [6.07, 6.45) is 0. The van der Waals surface area contributed by atoms with E-state index in [-0.39, 0.29) is 10.7 Å². The van der Waals surface area contributed by atoms with Crippen molar-refractivity contribution < 1.29 is 19.1 Å². The number of benzene rings is 1. The van der Waals surface area contributed by atoms with Crippen molar-refractivity contribution in [2.24, 2.45) is 0 Å². The van der Waals surface area contributed by atoms with Crippen LogP contribution in [0.25, 0.3) is 0 Å². The van der Waals surface area contributed by atoms with Gasteiger partial charge in [-0.05, 0) is 18.2 Å². The molecule has 0 bridgehead atoms. The van der Waals surface area contributed by atoms with E-state index < -0.39 is 24.4 Å². The van der Waals surface area contributed by atoms with Crippen molar-refractivity contribution in [2.45, 2.75) is 0 Å². The molecular formula is C10H10ClFN2O3. The predicted octanol–water partition coefficient (Wildman–Crippen LogP) is 2.03. The van der Waals surface area contributed by atoms with Crippen molar-refractivity contribution in [3.8, 4) is 0 Å². The van der Waals surface area contributed by atoms with Crippen LogP contribution < -0.4 is 5.32 Å². The van der Waals surface area contributed by atoms with Gasteiger partial charge < -0.3 is 15.3 Å². The number of nitrogens with zero attached hydrogens (tertiary/aromatic N) is 1. The minimum Gasteiger partial charge on any atom is -0.480 e. The molecule has 0 radical (unpaired) electrons. The maximum atomic E-state index is 12.9. The average Bonchev–Trinajstić information content (AvgIpc) is 2.14. The zero-order valence-electron chi connectivity index (χ0n) is 8.91. The van der Waals surface area contributed by atoms with Gasteiger partial charge in [-0.1, -0.05) is 11.6 Å². The molecule has 5 nitrogen and oxygen atoms in total. The molecule has 7 heteroatoms. The number of urea groups is 1. The number of hydrogen-bond acceptors (Lipinski definition) is 2. The molecule has 0 aliphatic rings. The second-order valence-corrected chi connectivity index (χ2v) is 3.77. The first-order valence-electron chi connectivity index (χ1n) is 4.58. The van der Waals surface area contributed by atoms with E-state index in [1.54, 1.807) is 0 Å². The molecule has 0 spiro atoms. The maximum Gasteiger partial charge on any atom is 0.323 e. The molecule has 2 N–H and O–H groups in total. The van der Waals surface area contributed by atoms with Gasteiger partial charge in [-0.25, -0.2) is 9.18 Å². The quantitative estimate of drug-likeness (QED) is 0.874. The van der Waals surface area contributed by atoms with Crippen molar-refractivity contribution in [1.82, 2.24) is 4.90 Å². The van der Waals surface area contributed by atoms with Gasteiger partial charge in [0.2, 0.25) is 0 Å². The lowest BCUT2D eigenvalue weighted by Gasteiger charge is -2.15. The fourth-order valence-electron chi connectivity index (χ4n) is 1.12. The van der Waals surface area contributed by atoms with E-state index in [1.807, 2.05) is 0 Å².